The molecule has 0 aromatic carbocycles. The molecule has 0 saturated heterocycles. The van der Waals surface area contributed by atoms with E-state index >= 15 is 0 Å². The summed E-state index contributed by atoms with van der Waals surface area (Å²) in [5.41, 5.74) is 0. The number of carboxylic acid groups (broad SMARTS) is 1. The first-order valence-electron chi connectivity index (χ1n) is 20.8. The van der Waals surface area contributed by atoms with Crippen molar-refractivity contribution in [2.24, 2.45) is 0 Å². The van der Waals surface area contributed by atoms with Gasteiger partial charge in [0.15, 0.2) is 12.1 Å². The lowest BCUT2D eigenvalue weighted by Gasteiger charge is -2.31. The number of rotatable bonds is 36. The smallest absolute Gasteiger partial charge is 0.362 e. The Balaban J connectivity index is 4.49. The number of carboxylic acids is 1. The average Bonchev–Trinajstić information content (AvgIpc) is 3.11. The summed E-state index contributed by atoms with van der Waals surface area (Å²) in [6.45, 7) is 4.54. The van der Waals surface area contributed by atoms with E-state index in [-0.39, 0.29) is 42.7 Å². The number of carbonyl (C=O) groups is 3. The third-order valence-corrected chi connectivity index (χ3v) is 8.93. The minimum Gasteiger partial charge on any atom is -0.477 e. The Bertz CT molecular complexity index is 1050. The largest absolute Gasteiger partial charge is 0.477 e. The number of hydrogen-bond acceptors (Lipinski definition) is 6. The van der Waals surface area contributed by atoms with Crippen LogP contribution in [0.3, 0.4) is 0 Å². The fourth-order valence-electron chi connectivity index (χ4n) is 5.71. The molecule has 8 nitrogen and oxygen atoms in total. The van der Waals surface area contributed by atoms with Crippen molar-refractivity contribution < 1.29 is 38.2 Å². The van der Waals surface area contributed by atoms with Crippen molar-refractivity contribution in [3.05, 3.63) is 60.8 Å². The van der Waals surface area contributed by atoms with Gasteiger partial charge in [-0.1, -0.05) is 145 Å². The van der Waals surface area contributed by atoms with Crippen molar-refractivity contribution in [2.45, 2.75) is 167 Å². The maximum absolute atomic E-state index is 12.7. The maximum atomic E-state index is 12.7. The molecule has 1 N–H and O–H groups in total. The molecular formula is C45H78NO7+. The van der Waals surface area contributed by atoms with Gasteiger partial charge in [0, 0.05) is 19.3 Å². The second-order valence-corrected chi connectivity index (χ2v) is 14.9. The van der Waals surface area contributed by atoms with E-state index in [1.165, 1.54) is 57.8 Å². The molecule has 0 aromatic rings. The number of hydrogen-bond donors (Lipinski definition) is 1. The van der Waals surface area contributed by atoms with Crippen LogP contribution in [0.2, 0.25) is 0 Å². The van der Waals surface area contributed by atoms with E-state index in [4.69, 9.17) is 14.2 Å². The SMILES string of the molecule is CC/C=C/C/C=C/C/C=C/C/C=C/C/C=C/CCCC(=O)OC(COCCC(C(=O)O)[N+](C)(C)C)COC(=O)CCCCCCCCCCCCCC. The van der Waals surface area contributed by atoms with Crippen LogP contribution in [-0.2, 0) is 28.6 Å². The number of quaternary nitrogens is 1. The summed E-state index contributed by atoms with van der Waals surface area (Å²) in [5, 5.41) is 9.60. The summed E-state index contributed by atoms with van der Waals surface area (Å²) in [6, 6.07) is -0.625. The van der Waals surface area contributed by atoms with Gasteiger partial charge < -0.3 is 23.8 Å². The summed E-state index contributed by atoms with van der Waals surface area (Å²) in [6.07, 6.45) is 42.7. The molecule has 0 aliphatic heterocycles. The molecule has 0 saturated carbocycles. The number of allylic oxidation sites excluding steroid dienone is 10. The molecule has 2 atom stereocenters. The molecule has 0 radical (unpaired) electrons. The first-order valence-corrected chi connectivity index (χ1v) is 20.8. The Labute approximate surface area is 324 Å². The van der Waals surface area contributed by atoms with E-state index in [0.717, 1.165) is 57.8 Å². The zero-order valence-electron chi connectivity index (χ0n) is 34.4. The molecule has 0 rings (SSSR count). The molecule has 0 aliphatic rings. The Morgan fingerprint density at radius 2 is 1.06 bits per heavy atom. The highest BCUT2D eigenvalue weighted by atomic mass is 16.6. The van der Waals surface area contributed by atoms with Crippen LogP contribution in [0, 0.1) is 0 Å². The number of likely N-dealkylation sites (N-methyl/N-ethyl adjacent to an activating group) is 1. The normalized spacial score (nSPS) is 13.6. The highest BCUT2D eigenvalue weighted by Gasteiger charge is 2.31. The fourth-order valence-corrected chi connectivity index (χ4v) is 5.71. The van der Waals surface area contributed by atoms with Gasteiger partial charge in [0.1, 0.15) is 6.61 Å². The predicted octanol–water partition coefficient (Wildman–Crippen LogP) is 11.0. The molecule has 2 unspecified atom stereocenters. The molecule has 0 fully saturated rings. The average molecular weight is 745 g/mol. The van der Waals surface area contributed by atoms with Crippen molar-refractivity contribution in [1.82, 2.24) is 0 Å². The molecule has 8 heteroatoms. The van der Waals surface area contributed by atoms with Crippen LogP contribution in [-0.4, -0.2) is 80.6 Å². The Morgan fingerprint density at radius 3 is 1.55 bits per heavy atom. The van der Waals surface area contributed by atoms with Crippen molar-refractivity contribution in [1.29, 1.82) is 0 Å². The number of esters is 2. The van der Waals surface area contributed by atoms with Gasteiger partial charge in [-0.3, -0.25) is 9.59 Å². The Kier molecular flexibility index (Phi) is 34.0. The second kappa shape index (κ2) is 36.0. The highest BCUT2D eigenvalue weighted by molar-refractivity contribution is 5.72. The van der Waals surface area contributed by atoms with E-state index in [9.17, 15) is 19.5 Å². The van der Waals surface area contributed by atoms with Crippen LogP contribution < -0.4 is 0 Å². The zero-order valence-corrected chi connectivity index (χ0v) is 34.4. The third kappa shape index (κ3) is 34.5. The van der Waals surface area contributed by atoms with Gasteiger partial charge in [0.05, 0.1) is 34.4 Å². The predicted molar refractivity (Wildman–Crippen MR) is 220 cm³/mol. The van der Waals surface area contributed by atoms with Gasteiger partial charge in [0.2, 0.25) is 0 Å². The van der Waals surface area contributed by atoms with Crippen LogP contribution >= 0.6 is 0 Å². The van der Waals surface area contributed by atoms with E-state index < -0.39 is 18.1 Å². The van der Waals surface area contributed by atoms with Crippen LogP contribution in [0.15, 0.2) is 60.8 Å². The van der Waals surface area contributed by atoms with Crippen LogP contribution in [0.5, 0.6) is 0 Å². The molecule has 0 aromatic heterocycles. The minimum absolute atomic E-state index is 0.0376. The molecule has 0 amide bonds. The number of nitrogens with zero attached hydrogens (tertiary/aromatic N) is 1. The van der Waals surface area contributed by atoms with Gasteiger partial charge >= 0.3 is 17.9 Å². The lowest BCUT2D eigenvalue weighted by molar-refractivity contribution is -0.887. The summed E-state index contributed by atoms with van der Waals surface area (Å²) >= 11 is 0. The molecular weight excluding hydrogens is 666 g/mol. The summed E-state index contributed by atoms with van der Waals surface area (Å²) < 4.78 is 17.2. The first-order chi connectivity index (χ1) is 25.6. The summed E-state index contributed by atoms with van der Waals surface area (Å²) in [5.74, 6) is -1.55. The Morgan fingerprint density at radius 1 is 0.585 bits per heavy atom. The number of carbonyl (C=O) groups excluding carboxylic acids is 2. The number of unbranched alkanes of at least 4 members (excludes halogenated alkanes) is 12. The van der Waals surface area contributed by atoms with Gasteiger partial charge in [-0.25, -0.2) is 4.79 Å². The van der Waals surface area contributed by atoms with Crippen molar-refractivity contribution in [3.63, 3.8) is 0 Å². The van der Waals surface area contributed by atoms with Crippen molar-refractivity contribution in [3.8, 4) is 0 Å². The van der Waals surface area contributed by atoms with E-state index in [2.05, 4.69) is 74.6 Å². The Hall–Kier alpha value is -2.97. The lowest BCUT2D eigenvalue weighted by atomic mass is 10.0. The standard InChI is InChI=1S/C45H77NO7/c1-6-8-10-12-14-16-18-20-21-22-23-24-26-28-30-32-34-36-44(48)53-41(39-51-38-37-42(45(49)50)46(3,4)5)40-52-43(47)35-33-31-29-27-25-19-17-15-13-11-9-7-2/h8,10,14,16,20-21,23-24,28,30,41-42H,6-7,9,11-13,15,17-19,22,25-27,29,31-40H2,1-5H3/p+1/b10-8+,16-14+,21-20+,24-23+,30-28+. The second-order valence-electron chi connectivity index (χ2n) is 14.9. The molecule has 53 heavy (non-hydrogen) atoms. The first kappa shape index (κ1) is 50.0. The molecule has 0 spiro atoms. The molecule has 0 heterocycles. The topological polar surface area (TPSA) is 99.1 Å². The molecule has 0 bridgehead atoms. The van der Waals surface area contributed by atoms with E-state index in [0.29, 0.717) is 19.3 Å². The number of ether oxygens (including phenoxy) is 3. The van der Waals surface area contributed by atoms with E-state index in [1.807, 2.05) is 21.1 Å². The van der Waals surface area contributed by atoms with Crippen LogP contribution in [0.4, 0.5) is 0 Å². The molecule has 304 valence electrons. The zero-order chi connectivity index (χ0) is 39.3. The quantitative estimate of drug-likeness (QED) is 0.0295. The van der Waals surface area contributed by atoms with Gasteiger partial charge in [-0.05, 0) is 51.4 Å². The summed E-state index contributed by atoms with van der Waals surface area (Å²) in [7, 11) is 5.50. The fraction of sp³-hybridized carbons (Fsp3) is 0.711. The van der Waals surface area contributed by atoms with Gasteiger partial charge in [-0.15, -0.1) is 0 Å². The highest BCUT2D eigenvalue weighted by Crippen LogP contribution is 2.14. The summed E-state index contributed by atoms with van der Waals surface area (Å²) in [4.78, 5) is 36.9. The van der Waals surface area contributed by atoms with Gasteiger partial charge in [0.25, 0.3) is 0 Å². The molecule has 0 aliphatic carbocycles. The van der Waals surface area contributed by atoms with Crippen molar-refractivity contribution >= 4 is 17.9 Å². The monoisotopic (exact) mass is 745 g/mol. The van der Waals surface area contributed by atoms with E-state index in [1.54, 1.807) is 0 Å². The lowest BCUT2D eigenvalue weighted by Crippen LogP contribution is -2.50. The minimum atomic E-state index is -0.886. The maximum Gasteiger partial charge on any atom is 0.362 e. The van der Waals surface area contributed by atoms with Crippen LogP contribution in [0.1, 0.15) is 155 Å². The van der Waals surface area contributed by atoms with Crippen molar-refractivity contribution in [2.75, 3.05) is 41.0 Å². The van der Waals surface area contributed by atoms with Crippen LogP contribution in [0.25, 0.3) is 0 Å². The third-order valence-electron chi connectivity index (χ3n) is 8.93. The number of aliphatic carboxylic acids is 1. The van der Waals surface area contributed by atoms with Gasteiger partial charge in [-0.2, -0.15) is 0 Å².